The average Bonchev–Trinajstić information content (AvgIpc) is 0.744. The van der Waals surface area contributed by atoms with Crippen LogP contribution in [-0.4, -0.2) is 114 Å². The van der Waals surface area contributed by atoms with Crippen molar-refractivity contribution < 1.29 is 105 Å². The Morgan fingerprint density at radius 1 is 0.293 bits per heavy atom. The van der Waals surface area contributed by atoms with Crippen molar-refractivity contribution in [1.29, 1.82) is 0 Å². The van der Waals surface area contributed by atoms with E-state index in [0.717, 1.165) is 86.7 Å². The number of carboxylic acids is 8. The molecule has 4 bridgehead atoms. The molecule has 4 aliphatic carbocycles. The van der Waals surface area contributed by atoms with E-state index in [9.17, 15) is 74.1 Å². The number of aromatic carboxylic acids is 1. The number of carbonyl (C=O) groups is 8. The fourth-order valence-corrected chi connectivity index (χ4v) is 16.2. The van der Waals surface area contributed by atoms with Crippen LogP contribution in [0.4, 0.5) is 0 Å². The maximum atomic E-state index is 11.7. The van der Waals surface area contributed by atoms with Crippen LogP contribution < -0.4 is 0 Å². The highest BCUT2D eigenvalue weighted by Gasteiger charge is 2.55. The average molecular weight is 1670 g/mol. The van der Waals surface area contributed by atoms with Crippen LogP contribution in [0.1, 0.15) is 158 Å². The highest BCUT2D eigenvalue weighted by Crippen LogP contribution is 2.60. The summed E-state index contributed by atoms with van der Waals surface area (Å²) in [5.74, 6) is -3.55. The standard InChI is InChI=1S/C17H18O4.C17H18O2.C15H14O4.C15H14O2.C11H16O2.C11H8O2.C8H8O3.C8H8O2/c1-17(11-10-16(20)21,12-2-6-14(18)7-3-12)13-4-8-15(19)9-5-13;1-17(13-12-16(18)19,14-8-4-2-5-9-14)15-10-6-3-7-11-15;1-15(14(18)19,10-2-6-12(16)7-3-10)11-4-8-13(17)9-5-11;1-15(14(16)17,12-8-4-2-5-9-12)13-10-6-3-7-11-13;12-10(13)11-4-7-1-8(5-11)3-9(2-7)6-11;12-11(13)10-7-3-5-8-4-1-2-6-9(8)10;9-7-3-1-6(2-4-7)5-8(10)11;9-8(10)6-7-4-2-1-3-5-7/h2-9,18-19H,10-11H2,1H3,(H,20,21);2-11H,12-13H2,1H3,(H,18,19);2-9,16-17H,1H3,(H,18,19);2-11H,1H3,(H,16,17);7-9H,1-6H2,(H,12,13);1-7H,(H,12,13);1-4,9H,5H2,(H,10,11);1-5H,6H2,(H,9,10). The fourth-order valence-electron chi connectivity index (χ4n) is 16.2. The molecule has 4 saturated carbocycles. The van der Waals surface area contributed by atoms with Crippen molar-refractivity contribution in [1.82, 2.24) is 0 Å². The first-order valence-corrected chi connectivity index (χ1v) is 40.1. The molecule has 16 rings (SSSR count). The second kappa shape index (κ2) is 44.1. The normalized spacial score (nSPS) is 15.1. The first-order valence-electron chi connectivity index (χ1n) is 40.1. The summed E-state index contributed by atoms with van der Waals surface area (Å²) in [4.78, 5) is 87.6. The van der Waals surface area contributed by atoms with E-state index < -0.39 is 64.0 Å². The van der Waals surface area contributed by atoms with Crippen LogP contribution in [0.25, 0.3) is 10.8 Å². The van der Waals surface area contributed by atoms with Gasteiger partial charge in [-0.15, -0.1) is 0 Å². The van der Waals surface area contributed by atoms with Crippen LogP contribution >= 0.6 is 0 Å². The van der Waals surface area contributed by atoms with E-state index in [1.807, 2.05) is 153 Å². The number of aromatic hydroxyl groups is 5. The Labute approximate surface area is 714 Å². The summed E-state index contributed by atoms with van der Waals surface area (Å²) < 4.78 is 0. The van der Waals surface area contributed by atoms with Crippen molar-refractivity contribution in [2.45, 2.75) is 126 Å². The van der Waals surface area contributed by atoms with E-state index in [1.165, 1.54) is 55.7 Å². The maximum Gasteiger partial charge on any atom is 0.336 e. The minimum Gasteiger partial charge on any atom is -0.508 e. The van der Waals surface area contributed by atoms with Crippen molar-refractivity contribution >= 4 is 58.5 Å². The van der Waals surface area contributed by atoms with E-state index in [4.69, 9.17) is 30.6 Å². The van der Waals surface area contributed by atoms with Crippen molar-refractivity contribution in [3.8, 4) is 28.7 Å². The molecule has 13 N–H and O–H groups in total. The van der Waals surface area contributed by atoms with Gasteiger partial charge in [-0.05, 0) is 216 Å². The molecule has 0 radical (unpaired) electrons. The number of fused-ring (bicyclic) bond motifs is 1. The summed E-state index contributed by atoms with van der Waals surface area (Å²) in [7, 11) is 0. The predicted molar refractivity (Wildman–Crippen MR) is 469 cm³/mol. The zero-order chi connectivity index (χ0) is 89.5. The Morgan fingerprint density at radius 3 is 0.854 bits per heavy atom. The van der Waals surface area contributed by atoms with Gasteiger partial charge in [0.2, 0.25) is 0 Å². The molecule has 4 fully saturated rings. The largest absolute Gasteiger partial charge is 0.508 e. The molecule has 0 saturated heterocycles. The minimum atomic E-state index is -1.23. The van der Waals surface area contributed by atoms with E-state index in [-0.39, 0.29) is 65.3 Å². The van der Waals surface area contributed by atoms with E-state index in [2.05, 4.69) is 31.2 Å². The molecule has 12 aromatic carbocycles. The summed E-state index contributed by atoms with van der Waals surface area (Å²) in [6, 6.07) is 92.5. The van der Waals surface area contributed by atoms with E-state index >= 15 is 0 Å². The van der Waals surface area contributed by atoms with Crippen molar-refractivity contribution in [2.24, 2.45) is 23.2 Å². The van der Waals surface area contributed by atoms with Gasteiger partial charge in [-0.25, -0.2) is 4.79 Å². The zero-order valence-corrected chi connectivity index (χ0v) is 68.8. The number of rotatable bonds is 22. The van der Waals surface area contributed by atoms with Gasteiger partial charge in [-0.3, -0.25) is 33.6 Å². The summed E-state index contributed by atoms with van der Waals surface area (Å²) in [6.45, 7) is 7.41. The molecule has 0 heterocycles. The van der Waals surface area contributed by atoms with E-state index in [1.54, 1.807) is 123 Å². The minimum absolute atomic E-state index is 0.000278. The van der Waals surface area contributed by atoms with E-state index in [0.29, 0.717) is 35.1 Å². The quantitative estimate of drug-likeness (QED) is 0.0300. The number of hydrogen-bond donors (Lipinski definition) is 13. The molecule has 0 unspecified atom stereocenters. The smallest absolute Gasteiger partial charge is 0.336 e. The molecule has 4 aliphatic rings. The van der Waals surface area contributed by atoms with Gasteiger partial charge in [0, 0.05) is 23.7 Å². The molecule has 21 nitrogen and oxygen atoms in total. The Bertz CT molecular complexity index is 5200. The second-order valence-electron chi connectivity index (χ2n) is 31.6. The number of phenols is 5. The van der Waals surface area contributed by atoms with Crippen LogP contribution in [0, 0.1) is 23.2 Å². The Balaban J connectivity index is 0.000000176. The molecule has 638 valence electrons. The Morgan fingerprint density at radius 2 is 0.553 bits per heavy atom. The van der Waals surface area contributed by atoms with Gasteiger partial charge >= 0.3 is 47.8 Å². The predicted octanol–water partition coefficient (Wildman–Crippen LogP) is 19.8. The summed E-state index contributed by atoms with van der Waals surface area (Å²) in [5.41, 5.74) is 5.47. The highest BCUT2D eigenvalue weighted by atomic mass is 16.4. The molecule has 0 spiro atoms. The van der Waals surface area contributed by atoms with Crippen LogP contribution in [0.15, 0.2) is 315 Å². The fraction of sp³-hybridized carbons (Fsp3) is 0.235. The van der Waals surface area contributed by atoms with Crippen LogP contribution in [0.5, 0.6) is 28.7 Å². The third-order valence-corrected chi connectivity index (χ3v) is 23.0. The lowest BCUT2D eigenvalue weighted by atomic mass is 9.49. The molecule has 0 aromatic heterocycles. The number of phenolic OH excluding ortho intramolecular Hbond substituents is 5. The number of carboxylic acid groups (broad SMARTS) is 8. The summed E-state index contributed by atoms with van der Waals surface area (Å²) in [5, 5.41) is 120. The lowest BCUT2D eigenvalue weighted by Crippen LogP contribution is -2.49. The van der Waals surface area contributed by atoms with Gasteiger partial charge in [0.15, 0.2) is 0 Å². The lowest BCUT2D eigenvalue weighted by molar-refractivity contribution is -0.164. The van der Waals surface area contributed by atoms with Crippen molar-refractivity contribution in [3.05, 3.63) is 377 Å². The first kappa shape index (κ1) is 94.1. The molecule has 12 aromatic rings. The van der Waals surface area contributed by atoms with Crippen LogP contribution in [0.2, 0.25) is 0 Å². The SMILES string of the molecule is CC(C(=O)O)(c1ccc(O)cc1)c1ccc(O)cc1.CC(C(=O)O)(c1ccccc1)c1ccccc1.CC(CCC(=O)O)(c1ccc(O)cc1)c1ccc(O)cc1.CC(CCC(=O)O)(c1ccccc1)c1ccccc1.O=C(O)C12CC3CC(CC(C3)C1)C2.O=C(O)Cc1ccc(O)cc1.O=C(O)Cc1ccccc1.O=C(O)c1cccc2ccccc12. The highest BCUT2D eigenvalue weighted by molar-refractivity contribution is 6.03. The van der Waals surface area contributed by atoms with Gasteiger partial charge in [0.05, 0.1) is 23.8 Å². The number of hydrogen-bond acceptors (Lipinski definition) is 13. The Kier molecular flexibility index (Phi) is 33.8. The molecule has 123 heavy (non-hydrogen) atoms. The summed E-state index contributed by atoms with van der Waals surface area (Å²) >= 11 is 0. The van der Waals surface area contributed by atoms with Crippen molar-refractivity contribution in [2.75, 3.05) is 0 Å². The topological polar surface area (TPSA) is 400 Å². The van der Waals surface area contributed by atoms with Gasteiger partial charge < -0.3 is 66.4 Å². The number of benzene rings is 12. The third-order valence-electron chi connectivity index (χ3n) is 23.0. The zero-order valence-electron chi connectivity index (χ0n) is 68.8. The molecule has 0 aliphatic heterocycles. The van der Waals surface area contributed by atoms with Gasteiger partial charge in [0.1, 0.15) is 39.6 Å². The van der Waals surface area contributed by atoms with Gasteiger partial charge in [0.25, 0.3) is 0 Å². The maximum absolute atomic E-state index is 11.7. The Hall–Kier alpha value is -14.3. The number of aliphatic carboxylic acids is 7. The molecule has 0 atom stereocenters. The molecular weight excluding hydrogens is 1560 g/mol. The van der Waals surface area contributed by atoms with Crippen molar-refractivity contribution in [3.63, 3.8) is 0 Å². The summed E-state index contributed by atoms with van der Waals surface area (Å²) in [6.07, 6.45) is 8.26. The second-order valence-corrected chi connectivity index (χ2v) is 31.6. The lowest BCUT2D eigenvalue weighted by Gasteiger charge is -2.54. The monoisotopic (exact) mass is 1660 g/mol. The van der Waals surface area contributed by atoms with Crippen LogP contribution in [-0.2, 0) is 68.1 Å². The molecule has 21 heteroatoms. The first-order chi connectivity index (χ1) is 58.6. The third kappa shape index (κ3) is 26.3. The van der Waals surface area contributed by atoms with Gasteiger partial charge in [-0.1, -0.05) is 263 Å². The van der Waals surface area contributed by atoms with Gasteiger partial charge in [-0.2, -0.15) is 0 Å². The molecular formula is C102H104O21. The molecule has 0 amide bonds. The van der Waals surface area contributed by atoms with Crippen LogP contribution in [0.3, 0.4) is 0 Å².